The Bertz CT molecular complexity index is 596. The van der Waals surface area contributed by atoms with Gasteiger partial charge in [0.1, 0.15) is 5.82 Å². The van der Waals surface area contributed by atoms with Crippen molar-refractivity contribution in [3.8, 4) is 0 Å². The number of aryl methyl sites for hydroxylation is 1. The van der Waals surface area contributed by atoms with Crippen LogP contribution in [0.2, 0.25) is 5.02 Å². The highest BCUT2D eigenvalue weighted by Gasteiger charge is 2.19. The van der Waals surface area contributed by atoms with Crippen LogP contribution >= 0.6 is 11.6 Å². The largest absolute Gasteiger partial charge is 0.328 e. The van der Waals surface area contributed by atoms with Gasteiger partial charge in [-0.15, -0.1) is 0 Å². The third kappa shape index (κ3) is 3.53. The first-order chi connectivity index (χ1) is 9.30. The summed E-state index contributed by atoms with van der Waals surface area (Å²) in [5.41, 5.74) is 8.62. The van der Waals surface area contributed by atoms with Crippen LogP contribution in [0.5, 0.6) is 0 Å². The van der Waals surface area contributed by atoms with E-state index in [1.807, 2.05) is 18.2 Å². The van der Waals surface area contributed by atoms with Gasteiger partial charge in [-0.05, 0) is 37.0 Å². The topological polar surface area (TPSA) is 43.8 Å². The molecule has 0 fully saturated rings. The highest BCUT2D eigenvalue weighted by molar-refractivity contribution is 6.31. The number of aromatic nitrogens is 2. The van der Waals surface area contributed by atoms with Crippen LogP contribution in [-0.4, -0.2) is 15.6 Å². The summed E-state index contributed by atoms with van der Waals surface area (Å²) in [6, 6.07) is 6.00. The summed E-state index contributed by atoms with van der Waals surface area (Å²) in [5, 5.41) is 0.726. The second kappa shape index (κ2) is 5.74. The average molecular weight is 294 g/mol. The van der Waals surface area contributed by atoms with E-state index in [-0.39, 0.29) is 11.5 Å². The Hall–Kier alpha value is -1.06. The smallest absolute Gasteiger partial charge is 0.111 e. The van der Waals surface area contributed by atoms with Gasteiger partial charge in [-0.2, -0.15) is 0 Å². The van der Waals surface area contributed by atoms with E-state index in [2.05, 4.69) is 32.3 Å². The van der Waals surface area contributed by atoms with Gasteiger partial charge in [0.05, 0.1) is 11.0 Å². The maximum atomic E-state index is 6.29. The molecule has 0 amide bonds. The highest BCUT2D eigenvalue weighted by Crippen LogP contribution is 2.24. The number of hydrogen-bond acceptors (Lipinski definition) is 2. The summed E-state index contributed by atoms with van der Waals surface area (Å²) in [4.78, 5) is 4.71. The molecule has 0 spiro atoms. The summed E-state index contributed by atoms with van der Waals surface area (Å²) in [7, 11) is 0. The Morgan fingerprint density at radius 1 is 1.35 bits per heavy atom. The van der Waals surface area contributed by atoms with E-state index in [0.717, 1.165) is 41.3 Å². The molecule has 2 aromatic rings. The summed E-state index contributed by atoms with van der Waals surface area (Å²) >= 11 is 6.04. The van der Waals surface area contributed by atoms with Crippen LogP contribution in [0, 0.1) is 5.41 Å². The molecular formula is C16H24ClN3. The van der Waals surface area contributed by atoms with Gasteiger partial charge in [0.2, 0.25) is 0 Å². The molecule has 2 N–H and O–H groups in total. The van der Waals surface area contributed by atoms with E-state index < -0.39 is 0 Å². The van der Waals surface area contributed by atoms with E-state index in [1.54, 1.807) is 0 Å². The van der Waals surface area contributed by atoms with Gasteiger partial charge in [-0.3, -0.25) is 0 Å². The molecule has 0 aliphatic heterocycles. The zero-order valence-corrected chi connectivity index (χ0v) is 13.5. The third-order valence-electron chi connectivity index (χ3n) is 3.42. The van der Waals surface area contributed by atoms with E-state index in [1.165, 1.54) is 0 Å². The van der Waals surface area contributed by atoms with Crippen molar-refractivity contribution in [2.45, 2.75) is 53.1 Å². The lowest BCUT2D eigenvalue weighted by molar-refractivity contribution is 0.335. The molecule has 1 unspecified atom stereocenters. The van der Waals surface area contributed by atoms with Crippen LogP contribution < -0.4 is 5.73 Å². The third-order valence-corrected chi connectivity index (χ3v) is 3.66. The van der Waals surface area contributed by atoms with Crippen molar-refractivity contribution >= 4 is 22.6 Å². The maximum absolute atomic E-state index is 6.29. The van der Waals surface area contributed by atoms with Crippen LogP contribution in [0.3, 0.4) is 0 Å². The molecule has 0 saturated heterocycles. The minimum absolute atomic E-state index is 0.132. The second-order valence-corrected chi connectivity index (χ2v) is 7.07. The molecule has 0 aliphatic carbocycles. The van der Waals surface area contributed by atoms with Gasteiger partial charge < -0.3 is 10.3 Å². The minimum Gasteiger partial charge on any atom is -0.328 e. The van der Waals surface area contributed by atoms with E-state index >= 15 is 0 Å². The van der Waals surface area contributed by atoms with E-state index in [4.69, 9.17) is 22.3 Å². The summed E-state index contributed by atoms with van der Waals surface area (Å²) in [5.74, 6) is 1.06. The lowest BCUT2D eigenvalue weighted by Gasteiger charge is -2.23. The predicted octanol–water partition coefficient (Wildman–Crippen LogP) is 4.02. The standard InChI is InChI=1S/C16H24ClN3/c1-5-20-14-7-6-11(17)8-13(14)19-15(20)9-12(18)10-16(2,3)4/h6-8,12H,5,9-10,18H2,1-4H3. The quantitative estimate of drug-likeness (QED) is 0.925. The van der Waals surface area contributed by atoms with Crippen LogP contribution in [0.1, 0.15) is 39.9 Å². The Kier molecular flexibility index (Phi) is 4.40. The predicted molar refractivity (Wildman–Crippen MR) is 86.2 cm³/mol. The number of nitrogens with zero attached hydrogens (tertiary/aromatic N) is 2. The second-order valence-electron chi connectivity index (χ2n) is 6.63. The molecule has 1 heterocycles. The number of halogens is 1. The SMILES string of the molecule is CCn1c(CC(N)CC(C)(C)C)nc2cc(Cl)ccc21. The van der Waals surface area contributed by atoms with Crippen molar-refractivity contribution in [3.63, 3.8) is 0 Å². The fourth-order valence-electron chi connectivity index (χ4n) is 2.75. The first-order valence-electron chi connectivity index (χ1n) is 7.20. The zero-order chi connectivity index (χ0) is 14.9. The van der Waals surface area contributed by atoms with Gasteiger partial charge in [-0.25, -0.2) is 4.98 Å². The molecule has 0 bridgehead atoms. The van der Waals surface area contributed by atoms with Crippen LogP contribution in [0.4, 0.5) is 0 Å². The molecule has 0 aliphatic rings. The van der Waals surface area contributed by atoms with E-state index in [0.29, 0.717) is 0 Å². The lowest BCUT2D eigenvalue weighted by atomic mass is 9.87. The maximum Gasteiger partial charge on any atom is 0.111 e. The number of nitrogens with two attached hydrogens (primary N) is 1. The Labute approximate surface area is 126 Å². The Morgan fingerprint density at radius 3 is 2.65 bits per heavy atom. The number of fused-ring (bicyclic) bond motifs is 1. The monoisotopic (exact) mass is 293 g/mol. The van der Waals surface area contributed by atoms with Gasteiger partial charge in [-0.1, -0.05) is 32.4 Å². The Balaban J connectivity index is 2.29. The fourth-order valence-corrected chi connectivity index (χ4v) is 2.92. The molecule has 1 aromatic heterocycles. The molecule has 110 valence electrons. The number of imidazole rings is 1. The number of benzene rings is 1. The average Bonchev–Trinajstić information content (AvgIpc) is 2.62. The number of rotatable bonds is 4. The molecule has 20 heavy (non-hydrogen) atoms. The zero-order valence-electron chi connectivity index (χ0n) is 12.8. The van der Waals surface area contributed by atoms with Crippen LogP contribution in [0.15, 0.2) is 18.2 Å². The first kappa shape index (κ1) is 15.3. The molecule has 4 heteroatoms. The van der Waals surface area contributed by atoms with Crippen molar-refractivity contribution in [1.82, 2.24) is 9.55 Å². The first-order valence-corrected chi connectivity index (χ1v) is 7.58. The number of hydrogen-bond donors (Lipinski definition) is 1. The highest BCUT2D eigenvalue weighted by atomic mass is 35.5. The minimum atomic E-state index is 0.132. The Morgan fingerprint density at radius 2 is 2.05 bits per heavy atom. The summed E-state index contributed by atoms with van der Waals surface area (Å²) in [6.07, 6.45) is 1.79. The molecule has 0 saturated carbocycles. The van der Waals surface area contributed by atoms with Crippen molar-refractivity contribution in [2.24, 2.45) is 11.1 Å². The normalized spacial score (nSPS) is 13.9. The van der Waals surface area contributed by atoms with E-state index in [9.17, 15) is 0 Å². The van der Waals surface area contributed by atoms with Gasteiger partial charge in [0.15, 0.2) is 0 Å². The van der Waals surface area contributed by atoms with Gasteiger partial charge in [0.25, 0.3) is 0 Å². The van der Waals surface area contributed by atoms with Crippen LogP contribution in [-0.2, 0) is 13.0 Å². The van der Waals surface area contributed by atoms with Crippen molar-refractivity contribution in [3.05, 3.63) is 29.0 Å². The van der Waals surface area contributed by atoms with Crippen molar-refractivity contribution < 1.29 is 0 Å². The summed E-state index contributed by atoms with van der Waals surface area (Å²) in [6.45, 7) is 9.69. The van der Waals surface area contributed by atoms with Gasteiger partial charge >= 0.3 is 0 Å². The van der Waals surface area contributed by atoms with Crippen LogP contribution in [0.25, 0.3) is 11.0 Å². The molecule has 2 rings (SSSR count). The molecule has 1 atom stereocenters. The van der Waals surface area contributed by atoms with Crippen molar-refractivity contribution in [1.29, 1.82) is 0 Å². The molecule has 3 nitrogen and oxygen atoms in total. The molecule has 0 radical (unpaired) electrons. The van der Waals surface area contributed by atoms with Gasteiger partial charge in [0, 0.05) is 24.0 Å². The molecule has 1 aromatic carbocycles. The van der Waals surface area contributed by atoms with Crippen molar-refractivity contribution in [2.75, 3.05) is 0 Å². The lowest BCUT2D eigenvalue weighted by Crippen LogP contribution is -2.29. The fraction of sp³-hybridized carbons (Fsp3) is 0.562. The summed E-state index contributed by atoms with van der Waals surface area (Å²) < 4.78 is 2.23. The molecular weight excluding hydrogens is 270 g/mol.